The Morgan fingerprint density at radius 3 is 2.71 bits per heavy atom. The van der Waals surface area contributed by atoms with E-state index in [0.29, 0.717) is 17.7 Å². The number of thioether (sulfide) groups is 2. The second-order valence-electron chi connectivity index (χ2n) is 4.59. The summed E-state index contributed by atoms with van der Waals surface area (Å²) >= 11 is 3.69. The van der Waals surface area contributed by atoms with E-state index in [1.54, 1.807) is 0 Å². The van der Waals surface area contributed by atoms with Gasteiger partial charge in [0.05, 0.1) is 12.4 Å². The number of anilines is 1. The van der Waals surface area contributed by atoms with E-state index < -0.39 is 10.0 Å². The van der Waals surface area contributed by atoms with Crippen molar-refractivity contribution in [3.63, 3.8) is 0 Å². The zero-order valence-electron chi connectivity index (χ0n) is 11.9. The quantitative estimate of drug-likeness (QED) is 0.771. The predicted octanol–water partition coefficient (Wildman–Crippen LogP) is 1.43. The van der Waals surface area contributed by atoms with E-state index in [1.165, 1.54) is 12.4 Å². The van der Waals surface area contributed by atoms with Crippen LogP contribution in [0.25, 0.3) is 0 Å². The van der Waals surface area contributed by atoms with E-state index >= 15 is 0 Å². The molecule has 1 saturated heterocycles. The molecule has 1 aromatic heterocycles. The number of rotatable bonds is 7. The molecule has 6 nitrogen and oxygen atoms in total. The largest absolute Gasteiger partial charge is 0.354 e. The lowest BCUT2D eigenvalue weighted by Gasteiger charge is -2.21. The maximum absolute atomic E-state index is 12.2. The second-order valence-corrected chi connectivity index (χ2v) is 8.91. The monoisotopic (exact) mass is 348 g/mol. The molecule has 0 aliphatic carbocycles. The van der Waals surface area contributed by atoms with Crippen molar-refractivity contribution in [3.05, 3.63) is 12.4 Å². The highest BCUT2D eigenvalue weighted by Crippen LogP contribution is 2.23. The molecule has 1 aliphatic heterocycles. The first kappa shape index (κ1) is 16.9. The lowest BCUT2D eigenvalue weighted by atomic mass is 10.5. The number of hydrogen-bond donors (Lipinski definition) is 2. The van der Waals surface area contributed by atoms with Gasteiger partial charge in [0, 0.05) is 35.6 Å². The lowest BCUT2D eigenvalue weighted by Crippen LogP contribution is -2.33. The first-order valence-electron chi connectivity index (χ1n) is 6.86. The fraction of sp³-hybridized carbons (Fsp3) is 0.667. The molecule has 0 aromatic carbocycles. The normalized spacial score (nSPS) is 19.4. The van der Waals surface area contributed by atoms with Gasteiger partial charge >= 0.3 is 0 Å². The summed E-state index contributed by atoms with van der Waals surface area (Å²) in [6.07, 6.45) is 3.65. The van der Waals surface area contributed by atoms with Crippen LogP contribution in [-0.2, 0) is 10.0 Å². The Morgan fingerprint density at radius 1 is 1.33 bits per heavy atom. The van der Waals surface area contributed by atoms with Crippen molar-refractivity contribution in [1.29, 1.82) is 0 Å². The van der Waals surface area contributed by atoms with Gasteiger partial charge in [0.1, 0.15) is 4.90 Å². The van der Waals surface area contributed by atoms with Crippen molar-refractivity contribution < 1.29 is 8.42 Å². The molecule has 0 saturated carbocycles. The molecule has 1 atom stereocenters. The summed E-state index contributed by atoms with van der Waals surface area (Å²) in [5.74, 6) is 3.67. The second kappa shape index (κ2) is 8.21. The van der Waals surface area contributed by atoms with Gasteiger partial charge in [-0.05, 0) is 6.42 Å². The summed E-state index contributed by atoms with van der Waals surface area (Å²) in [6, 6.07) is 0. The highest BCUT2D eigenvalue weighted by Gasteiger charge is 2.20. The zero-order valence-corrected chi connectivity index (χ0v) is 14.4. The topological polar surface area (TPSA) is 84.0 Å². The Morgan fingerprint density at radius 2 is 2.10 bits per heavy atom. The molecule has 1 fully saturated rings. The summed E-state index contributed by atoms with van der Waals surface area (Å²) in [6.45, 7) is 3.26. The molecule has 2 N–H and O–H groups in total. The van der Waals surface area contributed by atoms with E-state index in [-0.39, 0.29) is 4.90 Å². The minimum absolute atomic E-state index is 0.109. The van der Waals surface area contributed by atoms with Crippen molar-refractivity contribution in [1.82, 2.24) is 14.7 Å². The van der Waals surface area contributed by atoms with Crippen molar-refractivity contribution in [3.8, 4) is 0 Å². The van der Waals surface area contributed by atoms with Crippen LogP contribution in [0, 0.1) is 0 Å². The average Bonchev–Trinajstić information content (AvgIpc) is 2.52. The van der Waals surface area contributed by atoms with Gasteiger partial charge in [0.25, 0.3) is 0 Å². The van der Waals surface area contributed by atoms with Crippen LogP contribution in [0.3, 0.4) is 0 Å². The molecule has 9 heteroatoms. The Bertz CT molecular complexity index is 530. The van der Waals surface area contributed by atoms with Gasteiger partial charge in [0.2, 0.25) is 16.0 Å². The van der Waals surface area contributed by atoms with Crippen LogP contribution in [-0.4, -0.2) is 54.0 Å². The minimum atomic E-state index is -3.52. The maximum atomic E-state index is 12.2. The third kappa shape index (κ3) is 5.32. The molecule has 0 spiro atoms. The van der Waals surface area contributed by atoms with E-state index in [2.05, 4.69) is 20.0 Å². The van der Waals surface area contributed by atoms with Crippen molar-refractivity contribution in [2.75, 3.05) is 35.7 Å². The minimum Gasteiger partial charge on any atom is -0.354 e. The molecule has 1 aliphatic rings. The molecule has 2 rings (SSSR count). The van der Waals surface area contributed by atoms with E-state index in [4.69, 9.17) is 0 Å². The summed E-state index contributed by atoms with van der Waals surface area (Å²) in [5, 5.41) is 3.35. The van der Waals surface area contributed by atoms with Gasteiger partial charge in [-0.2, -0.15) is 23.5 Å². The standard InChI is InChI=1S/C12H20N4O2S3/c1-2-3-13-12-14-7-11(8-15-12)21(17,18)16-6-10-9-19-4-5-20-10/h7-8,10,16H,2-6,9H2,1H3,(H,13,14,15). The number of aromatic nitrogens is 2. The fourth-order valence-electron chi connectivity index (χ4n) is 1.72. The van der Waals surface area contributed by atoms with Crippen LogP contribution < -0.4 is 10.0 Å². The number of nitrogens with zero attached hydrogens (tertiary/aromatic N) is 2. The average molecular weight is 349 g/mol. The third-order valence-electron chi connectivity index (χ3n) is 2.86. The molecule has 1 aromatic rings. The number of nitrogens with one attached hydrogen (secondary N) is 2. The van der Waals surface area contributed by atoms with Gasteiger partial charge in [-0.15, -0.1) is 0 Å². The Labute approximate surface area is 134 Å². The molecule has 1 unspecified atom stereocenters. The predicted molar refractivity (Wildman–Crippen MR) is 89.6 cm³/mol. The maximum Gasteiger partial charge on any atom is 0.243 e. The van der Waals surface area contributed by atoms with Gasteiger partial charge in [-0.1, -0.05) is 6.92 Å². The van der Waals surface area contributed by atoms with Crippen molar-refractivity contribution in [2.45, 2.75) is 23.5 Å². The Hall–Kier alpha value is -0.510. The molecule has 21 heavy (non-hydrogen) atoms. The Balaban J connectivity index is 1.91. The number of hydrogen-bond acceptors (Lipinski definition) is 7. The lowest BCUT2D eigenvalue weighted by molar-refractivity contribution is 0.580. The van der Waals surface area contributed by atoms with Crippen LogP contribution in [0.4, 0.5) is 5.95 Å². The van der Waals surface area contributed by atoms with Crippen molar-refractivity contribution in [2.24, 2.45) is 0 Å². The van der Waals surface area contributed by atoms with E-state index in [9.17, 15) is 8.42 Å². The molecular formula is C12H20N4O2S3. The van der Waals surface area contributed by atoms with E-state index in [0.717, 1.165) is 30.2 Å². The van der Waals surface area contributed by atoms with Crippen molar-refractivity contribution >= 4 is 39.5 Å². The molecule has 0 amide bonds. The Kier molecular flexibility index (Phi) is 6.59. The summed E-state index contributed by atoms with van der Waals surface area (Å²) in [4.78, 5) is 8.16. The molecule has 118 valence electrons. The molecule has 2 heterocycles. The SMILES string of the molecule is CCCNc1ncc(S(=O)(=O)NCC2CSCCS2)cn1. The first-order valence-corrected chi connectivity index (χ1v) is 10.6. The van der Waals surface area contributed by atoms with Gasteiger partial charge in [0.15, 0.2) is 0 Å². The summed E-state index contributed by atoms with van der Waals surface area (Å²) < 4.78 is 27.0. The zero-order chi connectivity index (χ0) is 15.1. The highest BCUT2D eigenvalue weighted by molar-refractivity contribution is 8.06. The third-order valence-corrected chi connectivity index (χ3v) is 7.08. The van der Waals surface area contributed by atoms with Gasteiger partial charge < -0.3 is 5.32 Å². The molecule has 0 bridgehead atoms. The van der Waals surface area contributed by atoms with Crippen LogP contribution >= 0.6 is 23.5 Å². The fourth-order valence-corrected chi connectivity index (χ4v) is 5.41. The number of sulfonamides is 1. The first-order chi connectivity index (χ1) is 10.1. The summed E-state index contributed by atoms with van der Waals surface area (Å²) in [7, 11) is -3.52. The van der Waals surface area contributed by atoms with Crippen LogP contribution in [0.2, 0.25) is 0 Å². The molecule has 0 radical (unpaired) electrons. The van der Waals surface area contributed by atoms with Crippen LogP contribution in [0.1, 0.15) is 13.3 Å². The van der Waals surface area contributed by atoms with Gasteiger partial charge in [-0.25, -0.2) is 23.1 Å². The smallest absolute Gasteiger partial charge is 0.243 e. The van der Waals surface area contributed by atoms with Crippen LogP contribution in [0.15, 0.2) is 17.3 Å². The highest BCUT2D eigenvalue weighted by atomic mass is 32.2. The molecular weight excluding hydrogens is 328 g/mol. The van der Waals surface area contributed by atoms with Gasteiger partial charge in [-0.3, -0.25) is 0 Å². The summed E-state index contributed by atoms with van der Waals surface area (Å²) in [5.41, 5.74) is 0. The van der Waals surface area contributed by atoms with E-state index in [1.807, 2.05) is 30.4 Å². The van der Waals surface area contributed by atoms with Crippen LogP contribution in [0.5, 0.6) is 0 Å².